The zero-order chi connectivity index (χ0) is 20.9. The van der Waals surface area contributed by atoms with Crippen molar-refractivity contribution in [1.29, 1.82) is 0 Å². The van der Waals surface area contributed by atoms with E-state index in [2.05, 4.69) is 15.4 Å². The number of methoxy groups -OCH3 is 1. The van der Waals surface area contributed by atoms with Gasteiger partial charge in [-0.3, -0.25) is 9.67 Å². The third kappa shape index (κ3) is 4.17. The average Bonchev–Trinajstić information content (AvgIpc) is 3.09. The molecule has 4 rings (SSSR count). The van der Waals surface area contributed by atoms with Crippen molar-refractivity contribution < 1.29 is 14.3 Å². The Bertz CT molecular complexity index is 1020. The Morgan fingerprint density at radius 1 is 1.13 bits per heavy atom. The van der Waals surface area contributed by atoms with Gasteiger partial charge in [0.1, 0.15) is 0 Å². The number of nitrogens with zero attached hydrogens (tertiary/aromatic N) is 4. The van der Waals surface area contributed by atoms with Crippen molar-refractivity contribution in [3.63, 3.8) is 0 Å². The summed E-state index contributed by atoms with van der Waals surface area (Å²) in [6, 6.07) is 13.7. The number of ether oxygens (including phenoxy) is 1. The molecule has 0 bridgehead atoms. The SMILES string of the molecule is COC(=O)C(NC(=O)N1CCCn2nc(-c3cccnc3)cc2C1)c1ccccc1. The molecule has 8 heteroatoms. The average molecular weight is 405 g/mol. The third-order valence-corrected chi connectivity index (χ3v) is 5.10. The van der Waals surface area contributed by atoms with Crippen molar-refractivity contribution in [2.45, 2.75) is 25.6 Å². The van der Waals surface area contributed by atoms with Crippen LogP contribution in [0.2, 0.25) is 0 Å². The van der Waals surface area contributed by atoms with E-state index in [-0.39, 0.29) is 6.03 Å². The van der Waals surface area contributed by atoms with Gasteiger partial charge in [-0.2, -0.15) is 5.10 Å². The Kier molecular flexibility index (Phi) is 5.74. The quantitative estimate of drug-likeness (QED) is 0.674. The highest BCUT2D eigenvalue weighted by atomic mass is 16.5. The van der Waals surface area contributed by atoms with Crippen LogP contribution in [0.15, 0.2) is 60.9 Å². The molecule has 1 aliphatic rings. The van der Waals surface area contributed by atoms with Crippen LogP contribution >= 0.6 is 0 Å². The Balaban J connectivity index is 1.52. The van der Waals surface area contributed by atoms with Gasteiger partial charge in [0.25, 0.3) is 0 Å². The minimum absolute atomic E-state index is 0.313. The molecule has 3 aromatic rings. The lowest BCUT2D eigenvalue weighted by Gasteiger charge is -2.24. The minimum atomic E-state index is -0.859. The van der Waals surface area contributed by atoms with E-state index in [1.807, 2.05) is 41.1 Å². The molecule has 2 aromatic heterocycles. The molecule has 3 heterocycles. The minimum Gasteiger partial charge on any atom is -0.467 e. The molecule has 0 saturated carbocycles. The number of hydrogen-bond acceptors (Lipinski definition) is 5. The maximum Gasteiger partial charge on any atom is 0.333 e. The molecule has 1 aromatic carbocycles. The van der Waals surface area contributed by atoms with Crippen LogP contribution in [0.4, 0.5) is 4.79 Å². The molecule has 1 atom stereocenters. The molecule has 0 radical (unpaired) electrons. The van der Waals surface area contributed by atoms with E-state index in [9.17, 15) is 9.59 Å². The van der Waals surface area contributed by atoms with E-state index in [1.54, 1.807) is 29.4 Å². The van der Waals surface area contributed by atoms with E-state index in [1.165, 1.54) is 7.11 Å². The van der Waals surface area contributed by atoms with Gasteiger partial charge in [-0.1, -0.05) is 30.3 Å². The van der Waals surface area contributed by atoms with Crippen molar-refractivity contribution in [3.05, 3.63) is 72.2 Å². The lowest BCUT2D eigenvalue weighted by Crippen LogP contribution is -2.43. The maximum atomic E-state index is 13.0. The van der Waals surface area contributed by atoms with Gasteiger partial charge in [0.15, 0.2) is 6.04 Å². The first-order chi connectivity index (χ1) is 14.7. The number of fused-ring (bicyclic) bond motifs is 1. The Hall–Kier alpha value is -3.68. The second kappa shape index (κ2) is 8.77. The number of esters is 1. The molecule has 30 heavy (non-hydrogen) atoms. The highest BCUT2D eigenvalue weighted by Crippen LogP contribution is 2.22. The summed E-state index contributed by atoms with van der Waals surface area (Å²) in [5.74, 6) is -0.506. The van der Waals surface area contributed by atoms with Gasteiger partial charge in [-0.05, 0) is 30.2 Å². The first-order valence-electron chi connectivity index (χ1n) is 9.81. The predicted octanol–water partition coefficient (Wildman–Crippen LogP) is 2.77. The van der Waals surface area contributed by atoms with Crippen LogP contribution in [0.3, 0.4) is 0 Å². The lowest BCUT2D eigenvalue weighted by molar-refractivity contribution is -0.143. The van der Waals surface area contributed by atoms with Crippen LogP contribution in [-0.4, -0.2) is 45.3 Å². The maximum absolute atomic E-state index is 13.0. The third-order valence-electron chi connectivity index (χ3n) is 5.10. The molecular weight excluding hydrogens is 382 g/mol. The lowest BCUT2D eigenvalue weighted by atomic mass is 10.1. The van der Waals surface area contributed by atoms with Crippen molar-refractivity contribution in [2.24, 2.45) is 0 Å². The highest BCUT2D eigenvalue weighted by Gasteiger charge is 2.27. The van der Waals surface area contributed by atoms with E-state index < -0.39 is 12.0 Å². The molecule has 0 spiro atoms. The number of carbonyl (C=O) groups is 2. The van der Waals surface area contributed by atoms with Crippen molar-refractivity contribution in [1.82, 2.24) is 25.0 Å². The summed E-state index contributed by atoms with van der Waals surface area (Å²) in [7, 11) is 1.31. The molecule has 0 fully saturated rings. The van der Waals surface area contributed by atoms with Crippen LogP contribution < -0.4 is 5.32 Å². The molecule has 0 saturated heterocycles. The van der Waals surface area contributed by atoms with E-state index >= 15 is 0 Å². The Morgan fingerprint density at radius 2 is 1.97 bits per heavy atom. The van der Waals surface area contributed by atoms with E-state index in [0.29, 0.717) is 18.7 Å². The second-order valence-corrected chi connectivity index (χ2v) is 7.08. The molecule has 154 valence electrons. The number of benzene rings is 1. The Morgan fingerprint density at radius 3 is 2.70 bits per heavy atom. The molecule has 8 nitrogen and oxygen atoms in total. The number of rotatable bonds is 4. The van der Waals surface area contributed by atoms with Crippen LogP contribution in [0.25, 0.3) is 11.3 Å². The molecule has 2 amide bonds. The van der Waals surface area contributed by atoms with Crippen LogP contribution in [0, 0.1) is 0 Å². The standard InChI is InChI=1S/C22H23N5O3/c1-30-21(28)20(16-7-3-2-4-8-16)24-22(29)26-11-6-12-27-18(15-26)13-19(25-27)17-9-5-10-23-14-17/h2-5,7-10,13-14,20H,6,11-12,15H2,1H3,(H,24,29). The van der Waals surface area contributed by atoms with Crippen LogP contribution in [0.5, 0.6) is 0 Å². The van der Waals surface area contributed by atoms with Crippen molar-refractivity contribution in [3.8, 4) is 11.3 Å². The van der Waals surface area contributed by atoms with Gasteiger partial charge in [0.2, 0.25) is 0 Å². The van der Waals surface area contributed by atoms with E-state index in [4.69, 9.17) is 4.74 Å². The fourth-order valence-electron chi connectivity index (χ4n) is 3.55. The summed E-state index contributed by atoms with van der Waals surface area (Å²) in [5.41, 5.74) is 3.38. The second-order valence-electron chi connectivity index (χ2n) is 7.08. The number of pyridine rings is 1. The number of hydrogen-bond donors (Lipinski definition) is 1. The zero-order valence-electron chi connectivity index (χ0n) is 16.7. The monoisotopic (exact) mass is 405 g/mol. The summed E-state index contributed by atoms with van der Waals surface area (Å²) in [6.07, 6.45) is 4.26. The van der Waals surface area contributed by atoms with Crippen LogP contribution in [0.1, 0.15) is 23.7 Å². The van der Waals surface area contributed by atoms with Gasteiger partial charge in [-0.25, -0.2) is 9.59 Å². The van der Waals surface area contributed by atoms with Gasteiger partial charge < -0.3 is 15.0 Å². The van der Waals surface area contributed by atoms with Gasteiger partial charge in [0, 0.05) is 31.0 Å². The molecule has 1 N–H and O–H groups in total. The van der Waals surface area contributed by atoms with Gasteiger partial charge in [-0.15, -0.1) is 0 Å². The predicted molar refractivity (Wildman–Crippen MR) is 110 cm³/mol. The van der Waals surface area contributed by atoms with Gasteiger partial charge >= 0.3 is 12.0 Å². The largest absolute Gasteiger partial charge is 0.467 e. The summed E-state index contributed by atoms with van der Waals surface area (Å²) < 4.78 is 6.83. The number of amides is 2. The van der Waals surface area contributed by atoms with E-state index in [0.717, 1.165) is 29.9 Å². The normalized spacial score (nSPS) is 14.4. The smallest absolute Gasteiger partial charge is 0.333 e. The fourth-order valence-corrected chi connectivity index (χ4v) is 3.55. The summed E-state index contributed by atoms with van der Waals surface area (Å²) >= 11 is 0. The molecule has 0 aliphatic carbocycles. The Labute approximate surface area is 174 Å². The summed E-state index contributed by atoms with van der Waals surface area (Å²) in [4.78, 5) is 31.1. The summed E-state index contributed by atoms with van der Waals surface area (Å²) in [5, 5.41) is 7.49. The molecule has 1 unspecified atom stereocenters. The zero-order valence-corrected chi connectivity index (χ0v) is 16.7. The number of nitrogens with one attached hydrogen (secondary N) is 1. The first kappa shape index (κ1) is 19.6. The van der Waals surface area contributed by atoms with Crippen molar-refractivity contribution in [2.75, 3.05) is 13.7 Å². The number of carbonyl (C=O) groups excluding carboxylic acids is 2. The number of aromatic nitrogens is 3. The summed E-state index contributed by atoms with van der Waals surface area (Å²) in [6.45, 7) is 1.69. The fraction of sp³-hybridized carbons (Fsp3) is 0.273. The number of aryl methyl sites for hydroxylation is 1. The molecular formula is C22H23N5O3. The topological polar surface area (TPSA) is 89.4 Å². The number of urea groups is 1. The van der Waals surface area contributed by atoms with Crippen molar-refractivity contribution >= 4 is 12.0 Å². The van der Waals surface area contributed by atoms with Crippen LogP contribution in [-0.2, 0) is 22.6 Å². The molecule has 1 aliphatic heterocycles. The first-order valence-corrected chi connectivity index (χ1v) is 9.81. The van der Waals surface area contributed by atoms with Gasteiger partial charge in [0.05, 0.1) is 25.0 Å². The highest BCUT2D eigenvalue weighted by molar-refractivity contribution is 5.84.